The van der Waals surface area contributed by atoms with Crippen LogP contribution in [0.3, 0.4) is 0 Å². The molecule has 4 heteroatoms. The Labute approximate surface area is 141 Å². The molecule has 3 fully saturated rings. The molecule has 0 radical (unpaired) electrons. The van der Waals surface area contributed by atoms with Crippen molar-refractivity contribution in [2.45, 2.75) is 19.8 Å². The van der Waals surface area contributed by atoms with E-state index in [1.54, 1.807) is 0 Å². The maximum Gasteiger partial charge on any atom is 0.235 e. The monoisotopic (exact) mass is 322 g/mol. The SMILES string of the molecule is CCc1ccccc1NCN1C(=O)[C@H]2[C@@H]3C=C[C@H]([C@@H]4C[C@H]34)[C@@H]2C1=O. The highest BCUT2D eigenvalue weighted by atomic mass is 16.2. The molecule has 1 saturated heterocycles. The van der Waals surface area contributed by atoms with Gasteiger partial charge in [-0.3, -0.25) is 14.5 Å². The number of hydrogen-bond acceptors (Lipinski definition) is 3. The number of nitrogens with zero attached hydrogens (tertiary/aromatic N) is 1. The highest BCUT2D eigenvalue weighted by Crippen LogP contribution is 2.65. The third-order valence-corrected chi connectivity index (χ3v) is 6.58. The lowest BCUT2D eigenvalue weighted by Gasteiger charge is -2.37. The van der Waals surface area contributed by atoms with Crippen LogP contribution in [0.4, 0.5) is 5.69 Å². The second-order valence-corrected chi connectivity index (χ2v) is 7.60. The van der Waals surface area contributed by atoms with Crippen LogP contribution in [0.2, 0.25) is 0 Å². The van der Waals surface area contributed by atoms with E-state index in [0.29, 0.717) is 23.7 Å². The van der Waals surface area contributed by atoms with E-state index in [0.717, 1.165) is 12.1 Å². The first-order valence-corrected chi connectivity index (χ1v) is 9.06. The number of hydrogen-bond donors (Lipinski definition) is 1. The second-order valence-electron chi connectivity index (χ2n) is 7.60. The Morgan fingerprint density at radius 3 is 2.29 bits per heavy atom. The zero-order valence-electron chi connectivity index (χ0n) is 13.8. The number of imide groups is 1. The normalized spacial score (nSPS) is 38.3. The molecular weight excluding hydrogens is 300 g/mol. The van der Waals surface area contributed by atoms with Gasteiger partial charge in [-0.2, -0.15) is 0 Å². The summed E-state index contributed by atoms with van der Waals surface area (Å²) < 4.78 is 0. The molecule has 1 aromatic rings. The fraction of sp³-hybridized carbons (Fsp3) is 0.500. The van der Waals surface area contributed by atoms with Crippen LogP contribution in [-0.4, -0.2) is 23.4 Å². The largest absolute Gasteiger partial charge is 0.367 e. The minimum atomic E-state index is -0.0977. The van der Waals surface area contributed by atoms with E-state index >= 15 is 0 Å². The van der Waals surface area contributed by atoms with Crippen LogP contribution in [0.25, 0.3) is 0 Å². The number of para-hydroxylation sites is 1. The van der Waals surface area contributed by atoms with Crippen molar-refractivity contribution in [1.82, 2.24) is 4.90 Å². The van der Waals surface area contributed by atoms with Crippen molar-refractivity contribution in [3.63, 3.8) is 0 Å². The van der Waals surface area contributed by atoms with Crippen molar-refractivity contribution in [2.24, 2.45) is 35.5 Å². The van der Waals surface area contributed by atoms with Gasteiger partial charge < -0.3 is 5.32 Å². The molecule has 4 aliphatic carbocycles. The summed E-state index contributed by atoms with van der Waals surface area (Å²) in [7, 11) is 0. The Morgan fingerprint density at radius 1 is 1.04 bits per heavy atom. The van der Waals surface area contributed by atoms with E-state index in [1.165, 1.54) is 16.9 Å². The summed E-state index contributed by atoms with van der Waals surface area (Å²) in [4.78, 5) is 27.3. The van der Waals surface area contributed by atoms with E-state index in [1.807, 2.05) is 18.2 Å². The summed E-state index contributed by atoms with van der Waals surface area (Å²) in [6.07, 6.45) is 6.56. The number of anilines is 1. The molecule has 0 unspecified atom stereocenters. The van der Waals surface area contributed by atoms with Gasteiger partial charge in [-0.25, -0.2) is 0 Å². The number of carbonyl (C=O) groups excluding carboxylic acids is 2. The molecule has 1 aliphatic heterocycles. The lowest BCUT2D eigenvalue weighted by atomic mass is 9.63. The molecule has 0 spiro atoms. The van der Waals surface area contributed by atoms with Crippen LogP contribution in [-0.2, 0) is 16.0 Å². The summed E-state index contributed by atoms with van der Waals surface area (Å²) in [5.74, 6) is 1.80. The molecule has 4 nitrogen and oxygen atoms in total. The van der Waals surface area contributed by atoms with Gasteiger partial charge in [-0.1, -0.05) is 37.3 Å². The van der Waals surface area contributed by atoms with Crippen LogP contribution in [0.15, 0.2) is 36.4 Å². The van der Waals surface area contributed by atoms with E-state index in [-0.39, 0.29) is 30.3 Å². The first-order valence-electron chi connectivity index (χ1n) is 9.06. The van der Waals surface area contributed by atoms with Gasteiger partial charge in [0.15, 0.2) is 0 Å². The predicted octanol–water partition coefficient (Wildman–Crippen LogP) is 2.67. The average Bonchev–Trinajstić information content (AvgIpc) is 3.39. The van der Waals surface area contributed by atoms with Gasteiger partial charge in [0.1, 0.15) is 0 Å². The number of nitrogens with one attached hydrogen (secondary N) is 1. The quantitative estimate of drug-likeness (QED) is 0.685. The third kappa shape index (κ3) is 1.80. The van der Waals surface area contributed by atoms with Gasteiger partial charge >= 0.3 is 0 Å². The minimum Gasteiger partial charge on any atom is -0.367 e. The average molecular weight is 322 g/mol. The fourth-order valence-electron chi connectivity index (χ4n) is 5.34. The molecule has 6 atom stereocenters. The van der Waals surface area contributed by atoms with Crippen molar-refractivity contribution >= 4 is 17.5 Å². The Kier molecular flexibility index (Phi) is 2.94. The number of carbonyl (C=O) groups is 2. The molecule has 1 heterocycles. The van der Waals surface area contributed by atoms with Crippen molar-refractivity contribution in [3.05, 3.63) is 42.0 Å². The molecule has 2 amide bonds. The molecule has 24 heavy (non-hydrogen) atoms. The zero-order chi connectivity index (χ0) is 16.4. The maximum atomic E-state index is 12.9. The number of aryl methyl sites for hydroxylation is 1. The third-order valence-electron chi connectivity index (χ3n) is 6.58. The summed E-state index contributed by atoms with van der Waals surface area (Å²) in [6.45, 7) is 2.40. The van der Waals surface area contributed by atoms with E-state index in [4.69, 9.17) is 0 Å². The van der Waals surface area contributed by atoms with Gasteiger partial charge in [0.25, 0.3) is 0 Å². The predicted molar refractivity (Wildman–Crippen MR) is 90.9 cm³/mol. The molecule has 5 aliphatic rings. The first-order chi connectivity index (χ1) is 11.7. The molecule has 6 rings (SSSR count). The van der Waals surface area contributed by atoms with E-state index < -0.39 is 0 Å². The Morgan fingerprint density at radius 2 is 1.67 bits per heavy atom. The molecule has 1 aromatic carbocycles. The molecule has 124 valence electrons. The van der Waals surface area contributed by atoms with Crippen molar-refractivity contribution in [3.8, 4) is 0 Å². The van der Waals surface area contributed by atoms with E-state index in [2.05, 4.69) is 30.5 Å². The van der Waals surface area contributed by atoms with Crippen LogP contribution < -0.4 is 5.32 Å². The lowest BCUT2D eigenvalue weighted by Crippen LogP contribution is -2.40. The molecule has 2 saturated carbocycles. The lowest BCUT2D eigenvalue weighted by molar-refractivity contribution is -0.139. The standard InChI is InChI=1S/C20H22N2O2/c1-2-11-5-3-4-6-16(11)21-10-22-19(23)17-12-7-8-13(15-9-14(12)15)18(17)20(22)24/h3-8,12-15,17-18,21H,2,9-10H2,1H3/t12-,13-,14-,15+,17+,18+/m1/s1. The number of likely N-dealkylation sites (tertiary alicyclic amines) is 1. The number of allylic oxidation sites excluding steroid dienone is 2. The minimum absolute atomic E-state index is 0.0381. The highest BCUT2D eigenvalue weighted by Gasteiger charge is 2.66. The number of amides is 2. The first kappa shape index (κ1) is 14.3. The van der Waals surface area contributed by atoms with Gasteiger partial charge in [-0.15, -0.1) is 0 Å². The maximum absolute atomic E-state index is 12.9. The Hall–Kier alpha value is -2.10. The van der Waals surface area contributed by atoms with Crippen LogP contribution in [0, 0.1) is 35.5 Å². The second kappa shape index (κ2) is 4.95. The number of rotatable bonds is 4. The van der Waals surface area contributed by atoms with Crippen LogP contribution in [0.1, 0.15) is 18.9 Å². The van der Waals surface area contributed by atoms with Crippen molar-refractivity contribution < 1.29 is 9.59 Å². The van der Waals surface area contributed by atoms with Crippen LogP contribution >= 0.6 is 0 Å². The Balaban J connectivity index is 1.37. The molecule has 1 N–H and O–H groups in total. The van der Waals surface area contributed by atoms with Gasteiger partial charge in [0, 0.05) is 5.69 Å². The fourth-order valence-corrected chi connectivity index (χ4v) is 5.34. The van der Waals surface area contributed by atoms with Crippen LogP contribution in [0.5, 0.6) is 0 Å². The van der Waals surface area contributed by atoms with E-state index in [9.17, 15) is 9.59 Å². The van der Waals surface area contributed by atoms with Gasteiger partial charge in [-0.05, 0) is 48.1 Å². The highest BCUT2D eigenvalue weighted by molar-refractivity contribution is 6.06. The van der Waals surface area contributed by atoms with Gasteiger partial charge in [0.2, 0.25) is 11.8 Å². The van der Waals surface area contributed by atoms with Crippen molar-refractivity contribution in [1.29, 1.82) is 0 Å². The summed E-state index contributed by atoms with van der Waals surface area (Å²) in [6, 6.07) is 8.08. The summed E-state index contributed by atoms with van der Waals surface area (Å²) in [5.41, 5.74) is 2.22. The van der Waals surface area contributed by atoms with Crippen molar-refractivity contribution in [2.75, 3.05) is 12.0 Å². The smallest absolute Gasteiger partial charge is 0.235 e. The molecule has 0 aromatic heterocycles. The summed E-state index contributed by atoms with van der Waals surface area (Å²) >= 11 is 0. The van der Waals surface area contributed by atoms with Gasteiger partial charge in [0.05, 0.1) is 18.5 Å². The summed E-state index contributed by atoms with van der Waals surface area (Å²) in [5, 5.41) is 3.31. The number of benzene rings is 1. The molecular formula is C20H22N2O2. The molecule has 2 bridgehead atoms. The zero-order valence-corrected chi connectivity index (χ0v) is 13.8. The Bertz CT molecular complexity index is 720. The topological polar surface area (TPSA) is 49.4 Å².